The zero-order valence-corrected chi connectivity index (χ0v) is 9.89. The third-order valence-corrected chi connectivity index (χ3v) is 3.33. The van der Waals surface area contributed by atoms with Gasteiger partial charge in [-0.3, -0.25) is 4.90 Å². The lowest BCUT2D eigenvalue weighted by Crippen LogP contribution is -2.46. The highest BCUT2D eigenvalue weighted by atomic mass is 16.5. The van der Waals surface area contributed by atoms with Crippen LogP contribution in [0.3, 0.4) is 0 Å². The SMILES string of the molecule is Cc1noc(CN2CCCC(C)C2CO)n1. The van der Waals surface area contributed by atoms with Gasteiger partial charge in [0.1, 0.15) is 0 Å². The Labute approximate surface area is 95.4 Å². The molecular weight excluding hydrogens is 206 g/mol. The van der Waals surface area contributed by atoms with Gasteiger partial charge in [0.15, 0.2) is 5.82 Å². The molecule has 0 bridgehead atoms. The Morgan fingerprint density at radius 1 is 1.56 bits per heavy atom. The molecule has 2 rings (SSSR count). The molecule has 1 aromatic rings. The van der Waals surface area contributed by atoms with Crippen LogP contribution in [0.5, 0.6) is 0 Å². The first-order chi connectivity index (χ1) is 7.70. The van der Waals surface area contributed by atoms with E-state index >= 15 is 0 Å². The number of aromatic nitrogens is 2. The van der Waals surface area contributed by atoms with Gasteiger partial charge < -0.3 is 9.63 Å². The normalized spacial score (nSPS) is 27.2. The first kappa shape index (κ1) is 11.5. The second-order valence-electron chi connectivity index (χ2n) is 4.58. The number of aliphatic hydroxyl groups is 1. The van der Waals surface area contributed by atoms with Crippen LogP contribution in [0.1, 0.15) is 31.5 Å². The summed E-state index contributed by atoms with van der Waals surface area (Å²) in [5, 5.41) is 13.2. The van der Waals surface area contributed by atoms with Gasteiger partial charge in [0.2, 0.25) is 5.89 Å². The molecule has 90 valence electrons. The van der Waals surface area contributed by atoms with Gasteiger partial charge in [-0.25, -0.2) is 0 Å². The van der Waals surface area contributed by atoms with E-state index < -0.39 is 0 Å². The molecule has 0 saturated carbocycles. The summed E-state index contributed by atoms with van der Waals surface area (Å²) in [6.07, 6.45) is 2.36. The lowest BCUT2D eigenvalue weighted by molar-refractivity contribution is 0.0400. The van der Waals surface area contributed by atoms with Gasteiger partial charge in [-0.15, -0.1) is 0 Å². The summed E-state index contributed by atoms with van der Waals surface area (Å²) in [6, 6.07) is 0.223. The van der Waals surface area contributed by atoms with Crippen LogP contribution >= 0.6 is 0 Å². The summed E-state index contributed by atoms with van der Waals surface area (Å²) < 4.78 is 5.11. The van der Waals surface area contributed by atoms with Gasteiger partial charge in [0.05, 0.1) is 13.2 Å². The fourth-order valence-corrected chi connectivity index (χ4v) is 2.40. The Hall–Kier alpha value is -0.940. The number of nitrogens with zero attached hydrogens (tertiary/aromatic N) is 3. The number of piperidine rings is 1. The molecular formula is C11H19N3O2. The molecule has 5 heteroatoms. The lowest BCUT2D eigenvalue weighted by Gasteiger charge is -2.38. The molecule has 1 aliphatic heterocycles. The van der Waals surface area contributed by atoms with Crippen LogP contribution in [-0.2, 0) is 6.54 Å². The van der Waals surface area contributed by atoms with Crippen molar-refractivity contribution in [2.75, 3.05) is 13.2 Å². The number of likely N-dealkylation sites (tertiary alicyclic amines) is 1. The zero-order valence-electron chi connectivity index (χ0n) is 9.89. The maximum absolute atomic E-state index is 9.41. The Bertz CT molecular complexity index is 340. The Kier molecular flexibility index (Phi) is 3.56. The van der Waals surface area contributed by atoms with E-state index in [0.29, 0.717) is 24.2 Å². The second-order valence-corrected chi connectivity index (χ2v) is 4.58. The van der Waals surface area contributed by atoms with Crippen molar-refractivity contribution < 1.29 is 9.63 Å². The largest absolute Gasteiger partial charge is 0.395 e. The standard InChI is InChI=1S/C11H19N3O2/c1-8-4-3-5-14(10(8)7-15)6-11-12-9(2)13-16-11/h8,10,15H,3-7H2,1-2H3. The molecule has 16 heavy (non-hydrogen) atoms. The number of hydrogen-bond donors (Lipinski definition) is 1. The van der Waals surface area contributed by atoms with Crippen LogP contribution in [0, 0.1) is 12.8 Å². The number of aliphatic hydroxyl groups excluding tert-OH is 1. The van der Waals surface area contributed by atoms with Crippen molar-refractivity contribution in [1.29, 1.82) is 0 Å². The minimum atomic E-state index is 0.203. The van der Waals surface area contributed by atoms with E-state index in [1.165, 1.54) is 12.8 Å². The Morgan fingerprint density at radius 2 is 2.38 bits per heavy atom. The zero-order chi connectivity index (χ0) is 11.5. The second kappa shape index (κ2) is 4.93. The average molecular weight is 225 g/mol. The van der Waals surface area contributed by atoms with Crippen LogP contribution in [0.25, 0.3) is 0 Å². The quantitative estimate of drug-likeness (QED) is 0.830. The predicted molar refractivity (Wildman–Crippen MR) is 58.7 cm³/mol. The fourth-order valence-electron chi connectivity index (χ4n) is 2.40. The Balaban J connectivity index is 2.02. The van der Waals surface area contributed by atoms with E-state index in [2.05, 4.69) is 22.0 Å². The summed E-state index contributed by atoms with van der Waals surface area (Å²) in [5.41, 5.74) is 0. The highest BCUT2D eigenvalue weighted by molar-refractivity contribution is 4.87. The number of aryl methyl sites for hydroxylation is 1. The summed E-state index contributed by atoms with van der Waals surface area (Å²) in [7, 11) is 0. The monoisotopic (exact) mass is 225 g/mol. The molecule has 0 radical (unpaired) electrons. The number of rotatable bonds is 3. The minimum absolute atomic E-state index is 0.203. The van der Waals surface area contributed by atoms with Crippen molar-refractivity contribution in [3.63, 3.8) is 0 Å². The molecule has 0 spiro atoms. The molecule has 2 unspecified atom stereocenters. The summed E-state index contributed by atoms with van der Waals surface area (Å²) in [6.45, 7) is 5.85. The van der Waals surface area contributed by atoms with E-state index in [9.17, 15) is 5.11 Å². The number of hydrogen-bond acceptors (Lipinski definition) is 5. The van der Waals surface area contributed by atoms with Crippen LogP contribution in [0.15, 0.2) is 4.52 Å². The molecule has 2 heterocycles. The topological polar surface area (TPSA) is 62.4 Å². The maximum atomic E-state index is 9.41. The van der Waals surface area contributed by atoms with Crippen molar-refractivity contribution in [3.05, 3.63) is 11.7 Å². The van der Waals surface area contributed by atoms with Gasteiger partial charge >= 0.3 is 0 Å². The lowest BCUT2D eigenvalue weighted by atomic mass is 9.91. The van der Waals surface area contributed by atoms with Crippen molar-refractivity contribution >= 4 is 0 Å². The Morgan fingerprint density at radius 3 is 3.00 bits per heavy atom. The first-order valence-electron chi connectivity index (χ1n) is 5.85. The van der Waals surface area contributed by atoms with Crippen molar-refractivity contribution in [2.24, 2.45) is 5.92 Å². The minimum Gasteiger partial charge on any atom is -0.395 e. The van der Waals surface area contributed by atoms with Crippen LogP contribution < -0.4 is 0 Å². The first-order valence-corrected chi connectivity index (χ1v) is 5.85. The molecule has 1 aliphatic rings. The van der Waals surface area contributed by atoms with Crippen LogP contribution in [0.4, 0.5) is 0 Å². The molecule has 2 atom stereocenters. The van der Waals surface area contributed by atoms with Gasteiger partial charge in [-0.1, -0.05) is 12.1 Å². The maximum Gasteiger partial charge on any atom is 0.240 e. The highest BCUT2D eigenvalue weighted by Gasteiger charge is 2.28. The summed E-state index contributed by atoms with van der Waals surface area (Å²) in [5.74, 6) is 1.84. The van der Waals surface area contributed by atoms with Gasteiger partial charge in [0.25, 0.3) is 0 Å². The average Bonchev–Trinajstić information content (AvgIpc) is 2.64. The van der Waals surface area contributed by atoms with Gasteiger partial charge in [0, 0.05) is 6.04 Å². The molecule has 0 aromatic carbocycles. The van der Waals surface area contributed by atoms with Gasteiger partial charge in [-0.2, -0.15) is 4.98 Å². The fraction of sp³-hybridized carbons (Fsp3) is 0.818. The van der Waals surface area contributed by atoms with Crippen LogP contribution in [-0.4, -0.2) is 39.3 Å². The molecule has 0 aliphatic carbocycles. The molecule has 5 nitrogen and oxygen atoms in total. The van der Waals surface area contributed by atoms with E-state index in [4.69, 9.17) is 4.52 Å². The molecule has 1 saturated heterocycles. The predicted octanol–water partition coefficient (Wildman–Crippen LogP) is 0.971. The van der Waals surface area contributed by atoms with Crippen molar-refractivity contribution in [3.8, 4) is 0 Å². The van der Waals surface area contributed by atoms with E-state index in [1.807, 2.05) is 6.92 Å². The summed E-state index contributed by atoms with van der Waals surface area (Å²) >= 11 is 0. The van der Waals surface area contributed by atoms with Gasteiger partial charge in [-0.05, 0) is 32.2 Å². The van der Waals surface area contributed by atoms with E-state index in [1.54, 1.807) is 0 Å². The van der Waals surface area contributed by atoms with Crippen molar-refractivity contribution in [2.45, 2.75) is 39.3 Å². The smallest absolute Gasteiger partial charge is 0.240 e. The van der Waals surface area contributed by atoms with E-state index in [0.717, 1.165) is 6.54 Å². The molecule has 1 fully saturated rings. The molecule has 1 N–H and O–H groups in total. The molecule has 1 aromatic heterocycles. The van der Waals surface area contributed by atoms with E-state index in [-0.39, 0.29) is 12.6 Å². The highest BCUT2D eigenvalue weighted by Crippen LogP contribution is 2.24. The molecule has 0 amide bonds. The van der Waals surface area contributed by atoms with Crippen LogP contribution in [0.2, 0.25) is 0 Å². The summed E-state index contributed by atoms with van der Waals surface area (Å²) in [4.78, 5) is 6.43. The van der Waals surface area contributed by atoms with Crippen molar-refractivity contribution in [1.82, 2.24) is 15.0 Å². The third-order valence-electron chi connectivity index (χ3n) is 3.33. The third kappa shape index (κ3) is 2.41.